The molecule has 0 aliphatic rings. The molecule has 4 heteroatoms. The van der Waals surface area contributed by atoms with E-state index in [1.54, 1.807) is 0 Å². The van der Waals surface area contributed by atoms with E-state index in [1.165, 1.54) is 6.07 Å². The van der Waals surface area contributed by atoms with Crippen molar-refractivity contribution in [3.05, 3.63) is 65.0 Å². The maximum atomic E-state index is 12.9. The Morgan fingerprint density at radius 2 is 1.85 bits per heavy atom. The van der Waals surface area contributed by atoms with Gasteiger partial charge in [-0.2, -0.15) is 0 Å². The van der Waals surface area contributed by atoms with Gasteiger partial charge in [0.1, 0.15) is 11.6 Å². The molecule has 2 aromatic carbocycles. The number of phenolic OH excluding ortho intramolecular Hbond substituents is 1. The molecular weight excluding hydrogens is 257 g/mol. The molecule has 20 heavy (non-hydrogen) atoms. The number of nitrogens with one attached hydrogen (secondary N) is 1. The van der Waals surface area contributed by atoms with Crippen LogP contribution in [-0.4, -0.2) is 11.0 Å². The minimum absolute atomic E-state index is 0.0605. The summed E-state index contributed by atoms with van der Waals surface area (Å²) < 4.78 is 12.9. The van der Waals surface area contributed by atoms with Gasteiger partial charge in [-0.25, -0.2) is 4.39 Å². The topological polar surface area (TPSA) is 49.3 Å². The zero-order valence-corrected chi connectivity index (χ0v) is 11.4. The van der Waals surface area contributed by atoms with Gasteiger partial charge >= 0.3 is 0 Å². The summed E-state index contributed by atoms with van der Waals surface area (Å²) in [4.78, 5) is 12.0. The van der Waals surface area contributed by atoms with E-state index in [0.717, 1.165) is 23.3 Å². The normalized spacial score (nSPS) is 11.9. The van der Waals surface area contributed by atoms with Gasteiger partial charge in [0.05, 0.1) is 11.6 Å². The van der Waals surface area contributed by atoms with Gasteiger partial charge in [0.2, 0.25) is 0 Å². The van der Waals surface area contributed by atoms with E-state index in [0.29, 0.717) is 0 Å². The second kappa shape index (κ2) is 5.74. The van der Waals surface area contributed by atoms with Crippen molar-refractivity contribution in [3.63, 3.8) is 0 Å². The summed E-state index contributed by atoms with van der Waals surface area (Å²) >= 11 is 0. The third-order valence-corrected chi connectivity index (χ3v) is 3.13. The van der Waals surface area contributed by atoms with Gasteiger partial charge in [0, 0.05) is 6.07 Å². The highest BCUT2D eigenvalue weighted by Gasteiger charge is 2.15. The van der Waals surface area contributed by atoms with Gasteiger partial charge in [-0.05, 0) is 31.5 Å². The van der Waals surface area contributed by atoms with E-state index in [1.807, 2.05) is 38.1 Å². The van der Waals surface area contributed by atoms with Crippen LogP contribution in [0.25, 0.3) is 0 Å². The molecule has 2 rings (SSSR count). The van der Waals surface area contributed by atoms with Gasteiger partial charge < -0.3 is 10.4 Å². The van der Waals surface area contributed by atoms with E-state index in [-0.39, 0.29) is 17.4 Å². The average molecular weight is 273 g/mol. The van der Waals surface area contributed by atoms with Crippen molar-refractivity contribution >= 4 is 5.91 Å². The zero-order valence-electron chi connectivity index (χ0n) is 11.4. The molecule has 104 valence electrons. The summed E-state index contributed by atoms with van der Waals surface area (Å²) in [5.74, 6) is -1.38. The van der Waals surface area contributed by atoms with Crippen LogP contribution in [0.3, 0.4) is 0 Å². The number of amides is 1. The van der Waals surface area contributed by atoms with Gasteiger partial charge in [-0.15, -0.1) is 0 Å². The molecule has 0 spiro atoms. The van der Waals surface area contributed by atoms with E-state index < -0.39 is 11.7 Å². The molecule has 0 saturated carbocycles. The Balaban J connectivity index is 2.13. The lowest BCUT2D eigenvalue weighted by atomic mass is 10.1. The molecule has 0 bridgehead atoms. The van der Waals surface area contributed by atoms with Crippen LogP contribution < -0.4 is 5.32 Å². The van der Waals surface area contributed by atoms with Crippen molar-refractivity contribution in [2.24, 2.45) is 0 Å². The lowest BCUT2D eigenvalue weighted by molar-refractivity contribution is 0.0937. The first-order valence-corrected chi connectivity index (χ1v) is 6.33. The predicted molar refractivity (Wildman–Crippen MR) is 75.1 cm³/mol. The molecule has 3 nitrogen and oxygen atoms in total. The van der Waals surface area contributed by atoms with Crippen LogP contribution in [0.2, 0.25) is 0 Å². The zero-order chi connectivity index (χ0) is 14.7. The Kier molecular flexibility index (Phi) is 4.03. The number of carbonyl (C=O) groups excluding carboxylic acids is 1. The third-order valence-electron chi connectivity index (χ3n) is 3.13. The number of rotatable bonds is 3. The largest absolute Gasteiger partial charge is 0.507 e. The number of halogens is 1. The maximum absolute atomic E-state index is 12.9. The van der Waals surface area contributed by atoms with Gasteiger partial charge in [-0.1, -0.05) is 29.8 Å². The van der Waals surface area contributed by atoms with Crippen LogP contribution in [0.1, 0.15) is 34.5 Å². The first-order chi connectivity index (χ1) is 9.47. The lowest BCUT2D eigenvalue weighted by Gasteiger charge is -2.15. The fourth-order valence-corrected chi connectivity index (χ4v) is 1.91. The van der Waals surface area contributed by atoms with Gasteiger partial charge in [0.15, 0.2) is 0 Å². The number of hydrogen-bond acceptors (Lipinski definition) is 2. The summed E-state index contributed by atoms with van der Waals surface area (Å²) in [6.45, 7) is 3.84. The second-order valence-electron chi connectivity index (χ2n) is 4.77. The fraction of sp³-hybridized carbons (Fsp3) is 0.188. The van der Waals surface area contributed by atoms with Crippen molar-refractivity contribution in [1.82, 2.24) is 5.32 Å². The number of carbonyl (C=O) groups is 1. The predicted octanol–water partition coefficient (Wildman–Crippen LogP) is 3.33. The minimum atomic E-state index is -0.578. The average Bonchev–Trinajstić information content (AvgIpc) is 2.39. The fourth-order valence-electron chi connectivity index (χ4n) is 1.91. The first-order valence-electron chi connectivity index (χ1n) is 6.33. The molecule has 1 atom stereocenters. The molecule has 0 fully saturated rings. The Hall–Kier alpha value is -2.36. The minimum Gasteiger partial charge on any atom is -0.507 e. The summed E-state index contributed by atoms with van der Waals surface area (Å²) in [5.41, 5.74) is 2.17. The standard InChI is InChI=1S/C16H16FNO2/c1-10-3-5-12(6-4-10)11(2)18-16(20)14-8-7-13(17)9-15(14)19/h3-9,11,19H,1-2H3,(H,18,20). The molecule has 0 aliphatic heterocycles. The van der Waals surface area contributed by atoms with Crippen LogP contribution in [0.15, 0.2) is 42.5 Å². The molecule has 2 N–H and O–H groups in total. The van der Waals surface area contributed by atoms with Gasteiger partial charge in [-0.3, -0.25) is 4.79 Å². The van der Waals surface area contributed by atoms with Crippen molar-refractivity contribution < 1.29 is 14.3 Å². The lowest BCUT2D eigenvalue weighted by Crippen LogP contribution is -2.26. The smallest absolute Gasteiger partial charge is 0.255 e. The second-order valence-corrected chi connectivity index (χ2v) is 4.77. The van der Waals surface area contributed by atoms with Crippen molar-refractivity contribution in [3.8, 4) is 5.75 Å². The van der Waals surface area contributed by atoms with Crippen molar-refractivity contribution in [1.29, 1.82) is 0 Å². The van der Waals surface area contributed by atoms with Crippen LogP contribution in [0, 0.1) is 12.7 Å². The molecule has 0 heterocycles. The highest BCUT2D eigenvalue weighted by Crippen LogP contribution is 2.20. The quantitative estimate of drug-likeness (QED) is 0.901. The first kappa shape index (κ1) is 14.1. The third kappa shape index (κ3) is 3.15. The van der Waals surface area contributed by atoms with E-state index in [4.69, 9.17) is 0 Å². The molecule has 1 unspecified atom stereocenters. The Bertz CT molecular complexity index is 623. The number of phenols is 1. The summed E-state index contributed by atoms with van der Waals surface area (Å²) in [7, 11) is 0. The highest BCUT2D eigenvalue weighted by atomic mass is 19.1. The molecule has 2 aromatic rings. The summed E-state index contributed by atoms with van der Waals surface area (Å²) in [6, 6.07) is 10.9. The monoisotopic (exact) mass is 273 g/mol. The number of aryl methyl sites for hydroxylation is 1. The number of aromatic hydroxyl groups is 1. The van der Waals surface area contributed by atoms with Crippen molar-refractivity contribution in [2.45, 2.75) is 19.9 Å². The number of benzene rings is 2. The molecule has 0 aromatic heterocycles. The van der Waals surface area contributed by atoms with E-state index >= 15 is 0 Å². The van der Waals surface area contributed by atoms with Crippen molar-refractivity contribution in [2.75, 3.05) is 0 Å². The van der Waals surface area contributed by atoms with E-state index in [2.05, 4.69) is 5.32 Å². The summed E-state index contributed by atoms with van der Waals surface area (Å²) in [5, 5.41) is 12.4. The van der Waals surface area contributed by atoms with E-state index in [9.17, 15) is 14.3 Å². The number of hydrogen-bond donors (Lipinski definition) is 2. The van der Waals surface area contributed by atoms with Crippen LogP contribution in [-0.2, 0) is 0 Å². The maximum Gasteiger partial charge on any atom is 0.255 e. The van der Waals surface area contributed by atoms with Crippen LogP contribution in [0.4, 0.5) is 4.39 Å². The molecule has 0 radical (unpaired) electrons. The molecular formula is C16H16FNO2. The SMILES string of the molecule is Cc1ccc(C(C)NC(=O)c2ccc(F)cc2O)cc1. The van der Waals surface area contributed by atoms with Crippen LogP contribution >= 0.6 is 0 Å². The highest BCUT2D eigenvalue weighted by molar-refractivity contribution is 5.97. The Labute approximate surface area is 117 Å². The molecule has 0 saturated heterocycles. The van der Waals surface area contributed by atoms with Gasteiger partial charge in [0.25, 0.3) is 5.91 Å². The van der Waals surface area contributed by atoms with Crippen LogP contribution in [0.5, 0.6) is 5.75 Å². The molecule has 0 aliphatic carbocycles. The summed E-state index contributed by atoms with van der Waals surface area (Å²) in [6.07, 6.45) is 0. The Morgan fingerprint density at radius 1 is 1.20 bits per heavy atom. The Morgan fingerprint density at radius 3 is 2.45 bits per heavy atom. The molecule has 1 amide bonds.